The van der Waals surface area contributed by atoms with Crippen LogP contribution in [0.3, 0.4) is 0 Å². The lowest BCUT2D eigenvalue weighted by Crippen LogP contribution is -2.28. The number of nitrogens with zero attached hydrogens (tertiary/aromatic N) is 1. The van der Waals surface area contributed by atoms with E-state index in [1.807, 2.05) is 26.0 Å². The van der Waals surface area contributed by atoms with Gasteiger partial charge in [-0.25, -0.2) is 4.79 Å². The molecule has 0 aliphatic carbocycles. The molecular formula is C29H30F3N3O4. The van der Waals surface area contributed by atoms with Crippen molar-refractivity contribution >= 4 is 29.2 Å². The predicted molar refractivity (Wildman–Crippen MR) is 143 cm³/mol. The lowest BCUT2D eigenvalue weighted by Gasteiger charge is -2.21. The molecule has 3 aromatic rings. The first-order valence-corrected chi connectivity index (χ1v) is 12.1. The van der Waals surface area contributed by atoms with Gasteiger partial charge >= 0.3 is 12.3 Å². The van der Waals surface area contributed by atoms with E-state index in [-0.39, 0.29) is 22.5 Å². The van der Waals surface area contributed by atoms with Gasteiger partial charge in [0.15, 0.2) is 5.78 Å². The monoisotopic (exact) mass is 541 g/mol. The smallest absolute Gasteiger partial charge is 0.416 e. The van der Waals surface area contributed by atoms with E-state index in [0.717, 1.165) is 34.5 Å². The third-order valence-corrected chi connectivity index (χ3v) is 5.64. The number of amides is 2. The molecule has 0 aliphatic heterocycles. The summed E-state index contributed by atoms with van der Waals surface area (Å²) in [6.45, 7) is 9.91. The number of ether oxygens (including phenoxy) is 1. The quantitative estimate of drug-likeness (QED) is 0.253. The van der Waals surface area contributed by atoms with Gasteiger partial charge in [0, 0.05) is 23.0 Å². The Morgan fingerprint density at radius 3 is 2.18 bits per heavy atom. The molecule has 39 heavy (non-hydrogen) atoms. The van der Waals surface area contributed by atoms with Crippen LogP contribution in [-0.4, -0.2) is 28.4 Å². The normalized spacial score (nSPS) is 11.6. The fourth-order valence-electron chi connectivity index (χ4n) is 3.93. The standard InChI is InChI=1S/C29H30F3N3O4/c1-16-10-18(3)33-15-21(16)19-8-7-9-20(12-19)25(36)14-26(37)34-24-13-22(29(30,31)32)17(2)11-23(24)35-27(38)39-28(4,5)6/h7-13,15H,14H2,1-6H3,(H,34,37)(H,35,38). The number of nitrogens with one attached hydrogen (secondary N) is 2. The summed E-state index contributed by atoms with van der Waals surface area (Å²) in [4.78, 5) is 42.3. The number of ketones is 1. The molecule has 0 saturated carbocycles. The van der Waals surface area contributed by atoms with Gasteiger partial charge in [0.2, 0.25) is 5.91 Å². The highest BCUT2D eigenvalue weighted by molar-refractivity contribution is 6.12. The number of carbonyl (C=O) groups excluding carboxylic acids is 3. The number of aryl methyl sites for hydroxylation is 3. The van der Waals surface area contributed by atoms with Gasteiger partial charge in [0.05, 0.1) is 23.4 Å². The number of benzene rings is 2. The summed E-state index contributed by atoms with van der Waals surface area (Å²) in [6.07, 6.45) is -4.54. The molecule has 0 spiro atoms. The van der Waals surface area contributed by atoms with Gasteiger partial charge in [-0.1, -0.05) is 18.2 Å². The fourth-order valence-corrected chi connectivity index (χ4v) is 3.93. The van der Waals surface area contributed by atoms with Crippen LogP contribution >= 0.6 is 0 Å². The summed E-state index contributed by atoms with van der Waals surface area (Å²) in [5.41, 5.74) is 1.22. The van der Waals surface area contributed by atoms with Crippen molar-refractivity contribution in [2.45, 2.75) is 59.7 Å². The first-order valence-electron chi connectivity index (χ1n) is 12.1. The van der Waals surface area contributed by atoms with Crippen molar-refractivity contribution in [3.63, 3.8) is 0 Å². The van der Waals surface area contributed by atoms with Crippen LogP contribution in [-0.2, 0) is 15.7 Å². The second-order valence-corrected chi connectivity index (χ2v) is 10.2. The number of anilines is 2. The SMILES string of the molecule is Cc1cc(C)c(-c2cccc(C(=O)CC(=O)Nc3cc(C(F)(F)F)c(C)cc3NC(=O)OC(C)(C)C)c2)cn1. The Bertz CT molecular complexity index is 1430. The number of carbonyl (C=O) groups is 3. The van der Waals surface area contributed by atoms with Gasteiger partial charge < -0.3 is 10.1 Å². The molecular weight excluding hydrogens is 511 g/mol. The molecule has 3 rings (SSSR count). The van der Waals surface area contributed by atoms with Gasteiger partial charge in [0.1, 0.15) is 5.60 Å². The highest BCUT2D eigenvalue weighted by Crippen LogP contribution is 2.37. The molecule has 206 valence electrons. The average molecular weight is 542 g/mol. The number of pyridine rings is 1. The molecule has 0 saturated heterocycles. The summed E-state index contributed by atoms with van der Waals surface area (Å²) < 4.78 is 45.9. The van der Waals surface area contributed by atoms with Crippen LogP contribution < -0.4 is 10.6 Å². The Morgan fingerprint density at radius 1 is 0.897 bits per heavy atom. The van der Waals surface area contributed by atoms with Crippen molar-refractivity contribution in [1.82, 2.24) is 4.98 Å². The molecule has 10 heteroatoms. The van der Waals surface area contributed by atoms with Gasteiger partial charge in [-0.2, -0.15) is 13.2 Å². The molecule has 0 aliphatic rings. The van der Waals surface area contributed by atoms with Crippen molar-refractivity contribution in [3.8, 4) is 11.1 Å². The van der Waals surface area contributed by atoms with Crippen molar-refractivity contribution in [1.29, 1.82) is 0 Å². The second kappa shape index (κ2) is 11.3. The molecule has 2 amide bonds. The van der Waals surface area contributed by atoms with Gasteiger partial charge in [-0.05, 0) is 82.5 Å². The number of aromatic nitrogens is 1. The van der Waals surface area contributed by atoms with E-state index in [1.54, 1.807) is 45.2 Å². The van der Waals surface area contributed by atoms with E-state index in [1.165, 1.54) is 6.92 Å². The minimum Gasteiger partial charge on any atom is -0.444 e. The van der Waals surface area contributed by atoms with Gasteiger partial charge in [-0.3, -0.25) is 19.9 Å². The second-order valence-electron chi connectivity index (χ2n) is 10.2. The van der Waals surface area contributed by atoms with Crippen LogP contribution in [0.5, 0.6) is 0 Å². The average Bonchev–Trinajstić information content (AvgIpc) is 2.78. The number of rotatable bonds is 6. The van der Waals surface area contributed by atoms with E-state index in [0.29, 0.717) is 0 Å². The van der Waals surface area contributed by atoms with Crippen molar-refractivity contribution in [3.05, 3.63) is 76.6 Å². The van der Waals surface area contributed by atoms with Crippen LogP contribution in [0.1, 0.15) is 59.9 Å². The van der Waals surface area contributed by atoms with Crippen molar-refractivity contribution in [2.75, 3.05) is 10.6 Å². The Hall–Kier alpha value is -4.21. The van der Waals surface area contributed by atoms with Crippen LogP contribution in [0, 0.1) is 20.8 Å². The molecule has 1 aromatic heterocycles. The van der Waals surface area contributed by atoms with Crippen LogP contribution in [0.15, 0.2) is 48.7 Å². The molecule has 2 N–H and O–H groups in total. The zero-order chi connectivity index (χ0) is 29.1. The Kier molecular flexibility index (Phi) is 8.48. The summed E-state index contributed by atoms with van der Waals surface area (Å²) in [6, 6.07) is 10.4. The number of halogens is 3. The van der Waals surface area contributed by atoms with E-state index in [2.05, 4.69) is 15.6 Å². The predicted octanol–water partition coefficient (Wildman–Crippen LogP) is 7.25. The van der Waals surface area contributed by atoms with Crippen LogP contribution in [0.25, 0.3) is 11.1 Å². The summed E-state index contributed by atoms with van der Waals surface area (Å²) in [7, 11) is 0. The largest absolute Gasteiger partial charge is 0.444 e. The van der Waals surface area contributed by atoms with Gasteiger partial charge in [-0.15, -0.1) is 0 Å². The first kappa shape index (κ1) is 29.3. The maximum absolute atomic E-state index is 13.6. The lowest BCUT2D eigenvalue weighted by molar-refractivity contribution is -0.138. The molecule has 2 aromatic carbocycles. The van der Waals surface area contributed by atoms with E-state index in [9.17, 15) is 27.6 Å². The van der Waals surface area contributed by atoms with Crippen molar-refractivity contribution < 1.29 is 32.3 Å². The summed E-state index contributed by atoms with van der Waals surface area (Å²) in [5.74, 6) is -1.38. The Labute approximate surface area is 224 Å². The third kappa shape index (κ3) is 7.89. The molecule has 0 atom stereocenters. The first-order chi connectivity index (χ1) is 18.0. The topological polar surface area (TPSA) is 97.4 Å². The Balaban J connectivity index is 1.84. The zero-order valence-electron chi connectivity index (χ0n) is 22.5. The third-order valence-electron chi connectivity index (χ3n) is 5.64. The van der Waals surface area contributed by atoms with Crippen LogP contribution in [0.4, 0.5) is 29.3 Å². The number of hydrogen-bond acceptors (Lipinski definition) is 5. The molecule has 0 radical (unpaired) electrons. The molecule has 0 bridgehead atoms. The molecule has 1 heterocycles. The molecule has 0 unspecified atom stereocenters. The van der Waals surface area contributed by atoms with E-state index < -0.39 is 41.5 Å². The summed E-state index contributed by atoms with van der Waals surface area (Å²) in [5, 5.41) is 4.72. The maximum Gasteiger partial charge on any atom is 0.416 e. The number of hydrogen-bond donors (Lipinski definition) is 2. The highest BCUT2D eigenvalue weighted by atomic mass is 19.4. The van der Waals surface area contributed by atoms with Crippen LogP contribution in [0.2, 0.25) is 0 Å². The summed E-state index contributed by atoms with van der Waals surface area (Å²) >= 11 is 0. The molecule has 7 nitrogen and oxygen atoms in total. The van der Waals surface area contributed by atoms with E-state index in [4.69, 9.17) is 4.74 Å². The van der Waals surface area contributed by atoms with Gasteiger partial charge in [0.25, 0.3) is 0 Å². The van der Waals surface area contributed by atoms with E-state index >= 15 is 0 Å². The zero-order valence-corrected chi connectivity index (χ0v) is 22.5. The number of alkyl halides is 3. The number of Topliss-reactive ketones (excluding diaryl/α,β-unsaturated/α-hetero) is 1. The Morgan fingerprint density at radius 2 is 1.56 bits per heavy atom. The lowest BCUT2D eigenvalue weighted by atomic mass is 9.98. The minimum absolute atomic E-state index is 0.0973. The molecule has 0 fully saturated rings. The fraction of sp³-hybridized carbons (Fsp3) is 0.310. The highest BCUT2D eigenvalue weighted by Gasteiger charge is 2.34. The maximum atomic E-state index is 13.6. The minimum atomic E-state index is -4.70. The van der Waals surface area contributed by atoms with Crippen molar-refractivity contribution in [2.24, 2.45) is 0 Å².